The second-order valence-corrected chi connectivity index (χ2v) is 7.52. The van der Waals surface area contributed by atoms with E-state index in [1.165, 1.54) is 12.1 Å². The van der Waals surface area contributed by atoms with Crippen molar-refractivity contribution in [2.45, 2.75) is 37.6 Å². The molecule has 0 saturated heterocycles. The van der Waals surface area contributed by atoms with Crippen molar-refractivity contribution in [3.63, 3.8) is 0 Å². The second-order valence-electron chi connectivity index (χ2n) is 5.75. The fourth-order valence-electron chi connectivity index (χ4n) is 2.62. The molecule has 0 spiro atoms. The number of hydrogen-bond acceptors (Lipinski definition) is 3. The Morgan fingerprint density at radius 3 is 2.40 bits per heavy atom. The highest BCUT2D eigenvalue weighted by Crippen LogP contribution is 2.19. The van der Waals surface area contributed by atoms with Gasteiger partial charge >= 0.3 is 0 Å². The Morgan fingerprint density at radius 1 is 1.04 bits per heavy atom. The second kappa shape index (κ2) is 8.78. The first-order valence-corrected chi connectivity index (χ1v) is 9.91. The molecule has 0 saturated carbocycles. The molecule has 0 bridgehead atoms. The molecule has 1 unspecified atom stereocenters. The monoisotopic (exact) mass is 360 g/mol. The van der Waals surface area contributed by atoms with Crippen LogP contribution in [0.1, 0.15) is 48.7 Å². The van der Waals surface area contributed by atoms with E-state index in [1.54, 1.807) is 19.1 Å². The van der Waals surface area contributed by atoms with E-state index in [-0.39, 0.29) is 16.8 Å². The lowest BCUT2D eigenvalue weighted by Gasteiger charge is -2.19. The summed E-state index contributed by atoms with van der Waals surface area (Å²) in [6.07, 6.45) is 1.74. The van der Waals surface area contributed by atoms with Gasteiger partial charge in [-0.25, -0.2) is 13.1 Å². The van der Waals surface area contributed by atoms with E-state index < -0.39 is 10.0 Å². The molecule has 25 heavy (non-hydrogen) atoms. The zero-order valence-electron chi connectivity index (χ0n) is 14.5. The van der Waals surface area contributed by atoms with Crippen molar-refractivity contribution >= 4 is 15.9 Å². The van der Waals surface area contributed by atoms with Gasteiger partial charge in [-0.1, -0.05) is 56.7 Å². The van der Waals surface area contributed by atoms with Gasteiger partial charge in [0.2, 0.25) is 10.0 Å². The molecule has 0 fully saturated rings. The van der Waals surface area contributed by atoms with Gasteiger partial charge in [0.15, 0.2) is 0 Å². The quantitative estimate of drug-likeness (QED) is 0.759. The summed E-state index contributed by atoms with van der Waals surface area (Å²) in [6.45, 7) is 4.07. The molecule has 6 heteroatoms. The van der Waals surface area contributed by atoms with Crippen molar-refractivity contribution in [1.82, 2.24) is 10.0 Å². The largest absolute Gasteiger partial charge is 0.345 e. The molecule has 2 N–H and O–H groups in total. The molecule has 0 heterocycles. The SMILES string of the molecule is CCCC(NC(=O)c1cccc(S(=O)(=O)NCC)c1)c1ccccc1. The average Bonchev–Trinajstić information content (AvgIpc) is 2.62. The van der Waals surface area contributed by atoms with Crippen molar-refractivity contribution in [2.24, 2.45) is 0 Å². The molecular formula is C19H24N2O3S. The number of amides is 1. The number of sulfonamides is 1. The van der Waals surface area contributed by atoms with E-state index in [2.05, 4.69) is 17.0 Å². The molecule has 0 aliphatic carbocycles. The molecule has 1 atom stereocenters. The maximum Gasteiger partial charge on any atom is 0.251 e. The zero-order valence-corrected chi connectivity index (χ0v) is 15.3. The first-order valence-electron chi connectivity index (χ1n) is 8.43. The summed E-state index contributed by atoms with van der Waals surface area (Å²) in [4.78, 5) is 12.7. The van der Waals surface area contributed by atoms with E-state index in [0.717, 1.165) is 18.4 Å². The van der Waals surface area contributed by atoms with Crippen LogP contribution < -0.4 is 10.0 Å². The van der Waals surface area contributed by atoms with Crippen LogP contribution in [0.25, 0.3) is 0 Å². The predicted octanol–water partition coefficient (Wildman–Crippen LogP) is 3.26. The minimum absolute atomic E-state index is 0.0914. The lowest BCUT2D eigenvalue weighted by molar-refractivity contribution is 0.0934. The number of rotatable bonds is 8. The van der Waals surface area contributed by atoms with E-state index in [1.807, 2.05) is 30.3 Å². The van der Waals surface area contributed by atoms with E-state index >= 15 is 0 Å². The minimum Gasteiger partial charge on any atom is -0.345 e. The Morgan fingerprint density at radius 2 is 1.76 bits per heavy atom. The Bertz CT molecular complexity index is 804. The third-order valence-electron chi connectivity index (χ3n) is 3.83. The molecule has 0 aliphatic heterocycles. The van der Waals surface area contributed by atoms with E-state index in [0.29, 0.717) is 12.1 Å². The van der Waals surface area contributed by atoms with Gasteiger partial charge in [-0.3, -0.25) is 4.79 Å². The van der Waals surface area contributed by atoms with Crippen LogP contribution in [0, 0.1) is 0 Å². The predicted molar refractivity (Wildman–Crippen MR) is 98.9 cm³/mol. The van der Waals surface area contributed by atoms with Crippen LogP contribution in [0.2, 0.25) is 0 Å². The van der Waals surface area contributed by atoms with Crippen LogP contribution in [0.15, 0.2) is 59.5 Å². The summed E-state index contributed by atoms with van der Waals surface area (Å²) in [6, 6.07) is 15.7. The molecular weight excluding hydrogens is 336 g/mol. The molecule has 2 aromatic rings. The lowest BCUT2D eigenvalue weighted by Crippen LogP contribution is -2.29. The number of hydrogen-bond donors (Lipinski definition) is 2. The smallest absolute Gasteiger partial charge is 0.251 e. The van der Waals surface area contributed by atoms with Gasteiger partial charge in [0.1, 0.15) is 0 Å². The van der Waals surface area contributed by atoms with Crippen LogP contribution in [0.4, 0.5) is 0 Å². The normalized spacial score (nSPS) is 12.6. The molecule has 0 aromatic heterocycles. The Balaban J connectivity index is 2.22. The van der Waals surface area contributed by atoms with Gasteiger partial charge in [-0.05, 0) is 30.2 Å². The fraction of sp³-hybridized carbons (Fsp3) is 0.316. The highest BCUT2D eigenvalue weighted by Gasteiger charge is 2.18. The average molecular weight is 360 g/mol. The number of carbonyl (C=O) groups excluding carboxylic acids is 1. The van der Waals surface area contributed by atoms with Gasteiger partial charge in [0, 0.05) is 12.1 Å². The Kier molecular flexibility index (Phi) is 6.73. The number of benzene rings is 2. The van der Waals surface area contributed by atoms with Crippen LogP contribution in [0.3, 0.4) is 0 Å². The fourth-order valence-corrected chi connectivity index (χ4v) is 3.70. The van der Waals surface area contributed by atoms with Crippen molar-refractivity contribution in [2.75, 3.05) is 6.54 Å². The van der Waals surface area contributed by atoms with Crippen molar-refractivity contribution in [3.8, 4) is 0 Å². The maximum absolute atomic E-state index is 12.6. The van der Waals surface area contributed by atoms with Crippen LogP contribution in [-0.4, -0.2) is 20.9 Å². The first-order chi connectivity index (χ1) is 12.0. The molecule has 134 valence electrons. The summed E-state index contributed by atoms with van der Waals surface area (Å²) < 4.78 is 26.7. The van der Waals surface area contributed by atoms with Crippen LogP contribution >= 0.6 is 0 Å². The summed E-state index contributed by atoms with van der Waals surface area (Å²) in [5.41, 5.74) is 1.37. The lowest BCUT2D eigenvalue weighted by atomic mass is 10.0. The standard InChI is InChI=1S/C19H24N2O3S/c1-3-9-18(15-10-6-5-7-11-15)21-19(22)16-12-8-13-17(14-16)25(23,24)20-4-2/h5-8,10-14,18,20H,3-4,9H2,1-2H3,(H,21,22). The van der Waals surface area contributed by atoms with Crippen molar-refractivity contribution < 1.29 is 13.2 Å². The molecule has 1 amide bonds. The topological polar surface area (TPSA) is 75.3 Å². The van der Waals surface area contributed by atoms with Gasteiger partial charge < -0.3 is 5.32 Å². The zero-order chi connectivity index (χ0) is 18.3. The minimum atomic E-state index is -3.59. The van der Waals surface area contributed by atoms with Gasteiger partial charge in [-0.2, -0.15) is 0 Å². The number of carbonyl (C=O) groups is 1. The summed E-state index contributed by atoms with van der Waals surface area (Å²) >= 11 is 0. The summed E-state index contributed by atoms with van der Waals surface area (Å²) in [7, 11) is -3.59. The summed E-state index contributed by atoms with van der Waals surface area (Å²) in [5, 5.41) is 3.01. The maximum atomic E-state index is 12.6. The molecule has 2 rings (SSSR count). The van der Waals surface area contributed by atoms with Crippen LogP contribution in [0.5, 0.6) is 0 Å². The molecule has 0 radical (unpaired) electrons. The Labute approximate surface area is 149 Å². The van der Waals surface area contributed by atoms with Gasteiger partial charge in [-0.15, -0.1) is 0 Å². The summed E-state index contributed by atoms with van der Waals surface area (Å²) in [5.74, 6) is -0.282. The van der Waals surface area contributed by atoms with E-state index in [4.69, 9.17) is 0 Å². The first kappa shape index (κ1) is 19.1. The Hall–Kier alpha value is -2.18. The number of nitrogens with one attached hydrogen (secondary N) is 2. The molecule has 2 aromatic carbocycles. The highest BCUT2D eigenvalue weighted by atomic mass is 32.2. The van der Waals surface area contributed by atoms with Crippen molar-refractivity contribution in [1.29, 1.82) is 0 Å². The molecule has 5 nitrogen and oxygen atoms in total. The van der Waals surface area contributed by atoms with E-state index in [9.17, 15) is 13.2 Å². The highest BCUT2D eigenvalue weighted by molar-refractivity contribution is 7.89. The van der Waals surface area contributed by atoms with Gasteiger partial charge in [0.05, 0.1) is 10.9 Å². The third kappa shape index (κ3) is 5.14. The third-order valence-corrected chi connectivity index (χ3v) is 5.37. The van der Waals surface area contributed by atoms with Crippen LogP contribution in [-0.2, 0) is 10.0 Å². The van der Waals surface area contributed by atoms with Gasteiger partial charge in [0.25, 0.3) is 5.91 Å². The molecule has 0 aliphatic rings. The van der Waals surface area contributed by atoms with Crippen molar-refractivity contribution in [3.05, 3.63) is 65.7 Å².